The number of nitriles is 2. The molecule has 44 heavy (non-hydrogen) atoms. The van der Waals surface area contributed by atoms with Crippen LogP contribution in [-0.4, -0.2) is 22.6 Å². The number of aliphatic carboxylic acids is 1. The largest absolute Gasteiger partial charge is 0.481 e. The molecule has 0 aliphatic heterocycles. The lowest BCUT2D eigenvalue weighted by atomic mass is 9.86. The van der Waals surface area contributed by atoms with Crippen LogP contribution in [-0.2, 0) is 40.0 Å². The number of carbonyl (C=O) groups is 2. The molecule has 240 valence electrons. The Morgan fingerprint density at radius 2 is 1.14 bits per heavy atom. The summed E-state index contributed by atoms with van der Waals surface area (Å²) in [5.41, 5.74) is 3.10. The minimum absolute atomic E-state index is 0.00140. The van der Waals surface area contributed by atoms with Crippen LogP contribution in [0.4, 0.5) is 8.78 Å². The summed E-state index contributed by atoms with van der Waals surface area (Å²) in [6.07, 6.45) is 1.14. The number of nitrogens with zero attached hydrogens (tertiary/aromatic N) is 2. The first-order valence-corrected chi connectivity index (χ1v) is 15.2. The Kier molecular flexibility index (Phi) is 14.2. The molecule has 0 unspecified atom stereocenters. The van der Waals surface area contributed by atoms with Crippen molar-refractivity contribution in [3.05, 3.63) is 68.3 Å². The second-order valence-corrected chi connectivity index (χ2v) is 13.6. The molecule has 1 N–H and O–H groups in total. The Bertz CT molecular complexity index is 1420. The molecular weight excluding hydrogens is 562 g/mol. The summed E-state index contributed by atoms with van der Waals surface area (Å²) < 4.78 is 34.5. The number of hydrogen-bond acceptors (Lipinski definition) is 5. The molecule has 0 aliphatic carbocycles. The van der Waals surface area contributed by atoms with Crippen LogP contribution in [0.1, 0.15) is 133 Å². The SMILES string of the molecule is CC(C)Cc1cc(C#N)c(F)c(C(C)C)c1CC(=O)O.CC(C)Cc1cc(C#N)c(F)c(C(C)C)c1CC(=O)OC(C)(C)C. The fourth-order valence-electron chi connectivity index (χ4n) is 5.25. The van der Waals surface area contributed by atoms with Crippen LogP contribution < -0.4 is 0 Å². The summed E-state index contributed by atoms with van der Waals surface area (Å²) >= 11 is 0. The molecule has 0 bridgehead atoms. The van der Waals surface area contributed by atoms with Crippen molar-refractivity contribution in [2.24, 2.45) is 11.8 Å². The molecule has 8 heteroatoms. The Morgan fingerprint density at radius 1 is 0.773 bits per heavy atom. The van der Waals surface area contributed by atoms with Gasteiger partial charge in [0.05, 0.1) is 24.0 Å². The van der Waals surface area contributed by atoms with Crippen molar-refractivity contribution < 1.29 is 28.2 Å². The van der Waals surface area contributed by atoms with Gasteiger partial charge in [-0.2, -0.15) is 10.5 Å². The number of esters is 1. The van der Waals surface area contributed by atoms with Gasteiger partial charge >= 0.3 is 11.9 Å². The molecule has 0 fully saturated rings. The van der Waals surface area contributed by atoms with Crippen LogP contribution in [0.15, 0.2) is 12.1 Å². The number of carboxylic acid groups (broad SMARTS) is 1. The van der Waals surface area contributed by atoms with Gasteiger partial charge in [0, 0.05) is 0 Å². The van der Waals surface area contributed by atoms with E-state index in [1.54, 1.807) is 6.07 Å². The van der Waals surface area contributed by atoms with Crippen LogP contribution >= 0.6 is 0 Å². The standard InChI is InChI=1S/C20H28FNO2.C16H20FNO2/c1-12(2)8-14-9-15(11-22)19(21)18(13(3)4)16(14)10-17(23)24-20(5,6)7;1-9(2)5-11-6-12(8-18)16(17)15(10(3)4)13(11)7-14(19)20/h9,12-13H,8,10H2,1-7H3;6,9-10H,5,7H2,1-4H3,(H,19,20). The maximum Gasteiger partial charge on any atom is 0.310 e. The van der Waals surface area contributed by atoms with Crippen molar-refractivity contribution >= 4 is 11.9 Å². The zero-order valence-electron chi connectivity index (χ0n) is 28.1. The van der Waals surface area contributed by atoms with Gasteiger partial charge in [0.25, 0.3) is 0 Å². The summed E-state index contributed by atoms with van der Waals surface area (Å²) in [4.78, 5) is 23.4. The van der Waals surface area contributed by atoms with Crippen molar-refractivity contribution in [3.63, 3.8) is 0 Å². The third-order valence-electron chi connectivity index (χ3n) is 6.73. The zero-order valence-corrected chi connectivity index (χ0v) is 28.1. The molecule has 0 saturated carbocycles. The average Bonchev–Trinajstić information content (AvgIpc) is 2.85. The van der Waals surface area contributed by atoms with Gasteiger partial charge in [-0.25, -0.2) is 8.78 Å². The third-order valence-corrected chi connectivity index (χ3v) is 6.73. The Labute approximate surface area is 262 Å². The minimum Gasteiger partial charge on any atom is -0.481 e. The first-order valence-electron chi connectivity index (χ1n) is 15.2. The molecule has 0 heterocycles. The number of ether oxygens (including phenoxy) is 1. The maximum absolute atomic E-state index is 14.7. The van der Waals surface area contributed by atoms with E-state index >= 15 is 0 Å². The number of carboxylic acids is 1. The molecule has 0 amide bonds. The van der Waals surface area contributed by atoms with Crippen LogP contribution in [0.3, 0.4) is 0 Å². The summed E-state index contributed by atoms with van der Waals surface area (Å²) in [7, 11) is 0. The van der Waals surface area contributed by atoms with E-state index < -0.39 is 23.2 Å². The summed E-state index contributed by atoms with van der Waals surface area (Å²) in [5, 5.41) is 27.3. The summed E-state index contributed by atoms with van der Waals surface area (Å²) in [6.45, 7) is 20.9. The van der Waals surface area contributed by atoms with E-state index in [9.17, 15) is 23.6 Å². The smallest absolute Gasteiger partial charge is 0.310 e. The van der Waals surface area contributed by atoms with Crippen molar-refractivity contribution in [2.75, 3.05) is 0 Å². The average molecular weight is 611 g/mol. The molecule has 2 rings (SSSR count). The van der Waals surface area contributed by atoms with Gasteiger partial charge in [-0.05, 0) is 103 Å². The van der Waals surface area contributed by atoms with Crippen LogP contribution in [0.25, 0.3) is 0 Å². The van der Waals surface area contributed by atoms with E-state index in [1.165, 1.54) is 6.07 Å². The van der Waals surface area contributed by atoms with Crippen molar-refractivity contribution in [1.82, 2.24) is 0 Å². The lowest BCUT2D eigenvalue weighted by Gasteiger charge is -2.23. The van der Waals surface area contributed by atoms with Crippen LogP contribution in [0.5, 0.6) is 0 Å². The molecule has 0 aliphatic rings. The van der Waals surface area contributed by atoms with Gasteiger partial charge in [-0.15, -0.1) is 0 Å². The quantitative estimate of drug-likeness (QED) is 0.270. The molecular formula is C36H48F2N2O4. The van der Waals surface area contributed by atoms with Gasteiger partial charge in [-0.1, -0.05) is 55.4 Å². The third kappa shape index (κ3) is 11.1. The number of hydrogen-bond donors (Lipinski definition) is 1. The van der Waals surface area contributed by atoms with Gasteiger partial charge in [-0.3, -0.25) is 9.59 Å². The summed E-state index contributed by atoms with van der Waals surface area (Å²) in [6, 6.07) is 6.88. The molecule has 6 nitrogen and oxygen atoms in total. The maximum atomic E-state index is 14.7. The normalized spacial score (nSPS) is 11.3. The zero-order chi connectivity index (χ0) is 34.1. The first kappa shape index (κ1) is 38.2. The lowest BCUT2D eigenvalue weighted by molar-refractivity contribution is -0.154. The topological polar surface area (TPSA) is 111 Å². The van der Waals surface area contributed by atoms with Gasteiger partial charge in [0.1, 0.15) is 29.4 Å². The molecule has 0 aromatic heterocycles. The van der Waals surface area contributed by atoms with Crippen LogP contribution in [0.2, 0.25) is 0 Å². The highest BCUT2D eigenvalue weighted by Crippen LogP contribution is 2.32. The number of halogens is 2. The van der Waals surface area contributed by atoms with Crippen LogP contribution in [0, 0.1) is 46.1 Å². The van der Waals surface area contributed by atoms with Crippen molar-refractivity contribution in [2.45, 2.75) is 119 Å². The molecule has 2 aromatic rings. The highest BCUT2D eigenvalue weighted by molar-refractivity contribution is 5.74. The molecule has 0 radical (unpaired) electrons. The monoisotopic (exact) mass is 610 g/mol. The predicted molar refractivity (Wildman–Crippen MR) is 168 cm³/mol. The fourth-order valence-corrected chi connectivity index (χ4v) is 5.25. The van der Waals surface area contributed by atoms with Crippen molar-refractivity contribution in [3.8, 4) is 12.1 Å². The second-order valence-electron chi connectivity index (χ2n) is 13.6. The van der Waals surface area contributed by atoms with E-state index in [4.69, 9.17) is 15.1 Å². The Morgan fingerprint density at radius 3 is 1.41 bits per heavy atom. The Hall–Kier alpha value is -3.78. The summed E-state index contributed by atoms with van der Waals surface area (Å²) in [5.74, 6) is -2.10. The lowest BCUT2D eigenvalue weighted by Crippen LogP contribution is -2.26. The number of benzene rings is 2. The second kappa shape index (κ2) is 16.3. The molecule has 0 saturated heterocycles. The van der Waals surface area contributed by atoms with E-state index in [0.29, 0.717) is 46.9 Å². The van der Waals surface area contributed by atoms with Gasteiger partial charge in [0.2, 0.25) is 0 Å². The van der Waals surface area contributed by atoms with E-state index in [2.05, 4.69) is 13.8 Å². The molecule has 0 spiro atoms. The molecule has 0 atom stereocenters. The fraction of sp³-hybridized carbons (Fsp3) is 0.556. The number of rotatable bonds is 10. The molecule has 2 aromatic carbocycles. The van der Waals surface area contributed by atoms with Gasteiger partial charge < -0.3 is 9.84 Å². The predicted octanol–water partition coefficient (Wildman–Crippen LogP) is 8.55. The number of carbonyl (C=O) groups excluding carboxylic acids is 1. The minimum atomic E-state index is -0.985. The first-order chi connectivity index (χ1) is 20.2. The van der Waals surface area contributed by atoms with E-state index in [-0.39, 0.29) is 41.8 Å². The van der Waals surface area contributed by atoms with E-state index in [0.717, 1.165) is 11.1 Å². The highest BCUT2D eigenvalue weighted by Gasteiger charge is 2.25. The van der Waals surface area contributed by atoms with Gasteiger partial charge in [0.15, 0.2) is 0 Å². The highest BCUT2D eigenvalue weighted by atomic mass is 19.1. The van der Waals surface area contributed by atoms with E-state index in [1.807, 2.05) is 74.5 Å². The van der Waals surface area contributed by atoms with Crippen molar-refractivity contribution in [1.29, 1.82) is 10.5 Å². The Balaban J connectivity index is 0.000000447.